The molecular formula is C23H20F3N3O2. The maximum atomic E-state index is 12.8. The Labute approximate surface area is 177 Å². The first-order chi connectivity index (χ1) is 14.6. The molecule has 8 heteroatoms. The number of halogens is 3. The predicted octanol–water partition coefficient (Wildman–Crippen LogP) is 5.11. The monoisotopic (exact) mass is 427 g/mol. The van der Waals surface area contributed by atoms with E-state index in [1.807, 2.05) is 18.2 Å². The molecule has 1 aliphatic heterocycles. The minimum absolute atomic E-state index is 0.0619. The van der Waals surface area contributed by atoms with E-state index >= 15 is 0 Å². The van der Waals surface area contributed by atoms with Gasteiger partial charge in [-0.05, 0) is 44.1 Å². The van der Waals surface area contributed by atoms with Crippen LogP contribution in [0.15, 0.2) is 76.9 Å². The molecular weight excluding hydrogens is 407 g/mol. The summed E-state index contributed by atoms with van der Waals surface area (Å²) in [7, 11) is 0. The second kappa shape index (κ2) is 7.77. The van der Waals surface area contributed by atoms with E-state index < -0.39 is 17.3 Å². The fourth-order valence-electron chi connectivity index (χ4n) is 3.30. The third-order valence-electron chi connectivity index (χ3n) is 5.06. The van der Waals surface area contributed by atoms with Crippen molar-refractivity contribution in [3.8, 4) is 17.1 Å². The van der Waals surface area contributed by atoms with Gasteiger partial charge in [-0.15, -0.1) is 0 Å². The van der Waals surface area contributed by atoms with Gasteiger partial charge in [-0.25, -0.2) is 9.97 Å². The number of allylic oxidation sites excluding steroid dienone is 3. The van der Waals surface area contributed by atoms with Gasteiger partial charge in [-0.1, -0.05) is 18.2 Å². The van der Waals surface area contributed by atoms with Crippen LogP contribution in [0.5, 0.6) is 5.88 Å². The lowest BCUT2D eigenvalue weighted by Gasteiger charge is -2.27. The zero-order valence-electron chi connectivity index (χ0n) is 16.9. The molecule has 31 heavy (non-hydrogen) atoms. The Morgan fingerprint density at radius 2 is 1.84 bits per heavy atom. The van der Waals surface area contributed by atoms with Crippen molar-refractivity contribution in [2.75, 3.05) is 0 Å². The molecule has 0 spiro atoms. The van der Waals surface area contributed by atoms with E-state index in [0.29, 0.717) is 23.4 Å². The Morgan fingerprint density at radius 3 is 2.52 bits per heavy atom. The van der Waals surface area contributed by atoms with Gasteiger partial charge in [0.25, 0.3) is 0 Å². The minimum atomic E-state index is -4.39. The van der Waals surface area contributed by atoms with Crippen molar-refractivity contribution in [3.63, 3.8) is 0 Å². The van der Waals surface area contributed by atoms with Crippen molar-refractivity contribution in [1.29, 1.82) is 0 Å². The van der Waals surface area contributed by atoms with E-state index in [-0.39, 0.29) is 11.8 Å². The highest BCUT2D eigenvalue weighted by molar-refractivity contribution is 5.83. The lowest BCUT2D eigenvalue weighted by molar-refractivity contribution is -0.137. The average molecular weight is 427 g/mol. The molecule has 1 unspecified atom stereocenters. The van der Waals surface area contributed by atoms with Crippen LogP contribution in [0.2, 0.25) is 0 Å². The maximum absolute atomic E-state index is 12.8. The second-order valence-electron chi connectivity index (χ2n) is 7.88. The highest BCUT2D eigenvalue weighted by Gasteiger charge is 2.30. The van der Waals surface area contributed by atoms with Crippen LogP contribution in [0.25, 0.3) is 11.3 Å². The van der Waals surface area contributed by atoms with Crippen molar-refractivity contribution >= 4 is 6.21 Å². The number of hydrogen-bond donors (Lipinski definition) is 1. The van der Waals surface area contributed by atoms with Crippen LogP contribution in [-0.2, 0) is 6.18 Å². The van der Waals surface area contributed by atoms with Crippen LogP contribution >= 0.6 is 0 Å². The molecule has 5 nitrogen and oxygen atoms in total. The van der Waals surface area contributed by atoms with Crippen LogP contribution in [0.4, 0.5) is 13.2 Å². The number of aliphatic imine (C=N–C) groups is 1. The fraction of sp³-hybridized carbons (Fsp3) is 0.261. The first-order valence-electron chi connectivity index (χ1n) is 9.67. The van der Waals surface area contributed by atoms with E-state index in [2.05, 4.69) is 15.0 Å². The van der Waals surface area contributed by atoms with Gasteiger partial charge in [0.2, 0.25) is 5.88 Å². The number of benzene rings is 1. The Balaban J connectivity index is 1.50. The molecule has 0 amide bonds. The van der Waals surface area contributed by atoms with Crippen LogP contribution < -0.4 is 4.74 Å². The van der Waals surface area contributed by atoms with E-state index in [9.17, 15) is 18.3 Å². The van der Waals surface area contributed by atoms with Crippen molar-refractivity contribution in [1.82, 2.24) is 9.97 Å². The minimum Gasteiger partial charge on any atom is -0.439 e. The van der Waals surface area contributed by atoms with Crippen molar-refractivity contribution < 1.29 is 23.0 Å². The molecule has 160 valence electrons. The summed E-state index contributed by atoms with van der Waals surface area (Å²) in [5.41, 5.74) is 0.897. The molecule has 0 radical (unpaired) electrons. The first kappa shape index (κ1) is 21.0. The molecule has 2 aromatic rings. The summed E-state index contributed by atoms with van der Waals surface area (Å²) in [5, 5.41) is 10.2. The first-order valence-corrected chi connectivity index (χ1v) is 9.67. The molecule has 1 aromatic heterocycles. The number of hydrogen-bond acceptors (Lipinski definition) is 5. The van der Waals surface area contributed by atoms with Gasteiger partial charge in [-0.3, -0.25) is 4.99 Å². The molecule has 0 saturated carbocycles. The zero-order valence-corrected chi connectivity index (χ0v) is 16.9. The van der Waals surface area contributed by atoms with Gasteiger partial charge < -0.3 is 9.84 Å². The number of nitrogens with zero attached hydrogens (tertiary/aromatic N) is 3. The zero-order chi connectivity index (χ0) is 22.2. The van der Waals surface area contributed by atoms with Crippen LogP contribution in [-0.4, -0.2) is 26.9 Å². The number of aromatic nitrogens is 2. The van der Waals surface area contributed by atoms with Crippen LogP contribution in [0, 0.1) is 5.92 Å². The number of ether oxygens (including phenoxy) is 1. The number of aliphatic hydroxyl groups is 1. The molecule has 1 N–H and O–H groups in total. The summed E-state index contributed by atoms with van der Waals surface area (Å²) >= 11 is 0. The second-order valence-corrected chi connectivity index (χ2v) is 7.88. The van der Waals surface area contributed by atoms with Crippen molar-refractivity contribution in [2.24, 2.45) is 10.9 Å². The third kappa shape index (κ3) is 4.74. The number of fused-ring (bicyclic) bond motifs is 1. The molecule has 0 saturated heterocycles. The number of alkyl halides is 3. The lowest BCUT2D eigenvalue weighted by Crippen LogP contribution is -2.26. The Bertz CT molecular complexity index is 1110. The Morgan fingerprint density at radius 1 is 1.10 bits per heavy atom. The van der Waals surface area contributed by atoms with Gasteiger partial charge in [0.15, 0.2) is 0 Å². The summed E-state index contributed by atoms with van der Waals surface area (Å²) < 4.78 is 44.1. The topological polar surface area (TPSA) is 67.6 Å². The van der Waals surface area contributed by atoms with Gasteiger partial charge in [0.05, 0.1) is 22.6 Å². The number of dihydropyridines is 1. The van der Waals surface area contributed by atoms with E-state index in [4.69, 9.17) is 4.74 Å². The van der Waals surface area contributed by atoms with Gasteiger partial charge in [-0.2, -0.15) is 13.2 Å². The van der Waals surface area contributed by atoms with Crippen LogP contribution in [0.1, 0.15) is 25.8 Å². The molecule has 0 fully saturated rings. The summed E-state index contributed by atoms with van der Waals surface area (Å²) in [5.74, 6) is 0.909. The molecule has 1 aromatic carbocycles. The molecule has 1 aliphatic carbocycles. The predicted molar refractivity (Wildman–Crippen MR) is 110 cm³/mol. The summed E-state index contributed by atoms with van der Waals surface area (Å²) in [4.78, 5) is 12.7. The Hall–Kier alpha value is -3.26. The molecule has 4 rings (SSSR count). The largest absolute Gasteiger partial charge is 0.439 e. The van der Waals surface area contributed by atoms with Gasteiger partial charge >= 0.3 is 6.18 Å². The summed E-state index contributed by atoms with van der Waals surface area (Å²) in [6, 6.07) is 6.34. The lowest BCUT2D eigenvalue weighted by atomic mass is 9.87. The summed E-state index contributed by atoms with van der Waals surface area (Å²) in [6.45, 7) is 3.44. The van der Waals surface area contributed by atoms with Crippen LogP contribution in [0.3, 0.4) is 0 Å². The summed E-state index contributed by atoms with van der Waals surface area (Å²) in [6.07, 6.45) is 4.95. The Kier molecular flexibility index (Phi) is 5.26. The van der Waals surface area contributed by atoms with Gasteiger partial charge in [0.1, 0.15) is 12.1 Å². The number of rotatable bonds is 4. The van der Waals surface area contributed by atoms with Crippen molar-refractivity contribution in [3.05, 3.63) is 77.5 Å². The van der Waals surface area contributed by atoms with E-state index in [1.54, 1.807) is 26.1 Å². The highest BCUT2D eigenvalue weighted by Crippen LogP contribution is 2.34. The SMILES string of the molecule is CC(C)(O)C1=CC2CC=C(Oc3cc(-c4ccc(C(F)(F)F)cc4)ncn3)C=C2N=C1. The van der Waals surface area contributed by atoms with E-state index in [0.717, 1.165) is 23.4 Å². The quantitative estimate of drug-likeness (QED) is 0.736. The molecule has 2 aliphatic rings. The normalized spacial score (nSPS) is 18.6. The van der Waals surface area contributed by atoms with Crippen molar-refractivity contribution in [2.45, 2.75) is 32.0 Å². The maximum Gasteiger partial charge on any atom is 0.416 e. The standard InChI is InChI=1S/C23H20F3N3O2/c1-22(2,30)17-9-15-5-8-18(10-19(15)27-12-17)31-21-11-20(28-13-29-21)14-3-6-16(7-4-14)23(24,25)26/h3-4,6-13,15,30H,5H2,1-2H3. The van der Waals surface area contributed by atoms with E-state index in [1.165, 1.54) is 18.5 Å². The van der Waals surface area contributed by atoms with Gasteiger partial charge in [0, 0.05) is 29.8 Å². The molecule has 0 bridgehead atoms. The third-order valence-corrected chi connectivity index (χ3v) is 5.06. The fourth-order valence-corrected chi connectivity index (χ4v) is 3.30. The highest BCUT2D eigenvalue weighted by atomic mass is 19.4. The average Bonchev–Trinajstić information content (AvgIpc) is 2.72. The smallest absolute Gasteiger partial charge is 0.416 e. The molecule has 1 atom stereocenters. The molecule has 2 heterocycles.